The average molecular weight is 386 g/mol. The Hall–Kier alpha value is -2.84. The van der Waals surface area contributed by atoms with Crippen molar-refractivity contribution in [2.75, 3.05) is 64.2 Å². The number of hydrogen-bond acceptors (Lipinski definition) is 7. The molecule has 3 rings (SSSR count). The number of morpholine rings is 1. The number of methoxy groups -OCH3 is 2. The largest absolute Gasteiger partial charge is 0.493 e. The minimum absolute atomic E-state index is 0.240. The molecule has 8 nitrogen and oxygen atoms in total. The highest BCUT2D eigenvalue weighted by molar-refractivity contribution is 6.04. The number of benzene rings is 1. The lowest BCUT2D eigenvalue weighted by molar-refractivity contribution is 0.0398. The molecule has 1 aliphatic rings. The fourth-order valence-corrected chi connectivity index (χ4v) is 2.92. The van der Waals surface area contributed by atoms with Crippen LogP contribution in [0.5, 0.6) is 11.5 Å². The topological polar surface area (TPSA) is 85.0 Å². The van der Waals surface area contributed by atoms with Crippen LogP contribution in [0.4, 0.5) is 11.5 Å². The molecule has 0 radical (unpaired) electrons. The van der Waals surface area contributed by atoms with Crippen LogP contribution < -0.4 is 20.1 Å². The van der Waals surface area contributed by atoms with Crippen LogP contribution in [0.25, 0.3) is 0 Å². The van der Waals surface area contributed by atoms with E-state index < -0.39 is 0 Å². The summed E-state index contributed by atoms with van der Waals surface area (Å²) in [6.45, 7) is 5.29. The van der Waals surface area contributed by atoms with Crippen molar-refractivity contribution in [3.8, 4) is 11.5 Å². The van der Waals surface area contributed by atoms with Gasteiger partial charge < -0.3 is 24.8 Å². The normalized spacial score (nSPS) is 14.4. The maximum Gasteiger partial charge on any atom is 0.255 e. The van der Waals surface area contributed by atoms with Gasteiger partial charge in [-0.05, 0) is 30.3 Å². The van der Waals surface area contributed by atoms with Gasteiger partial charge in [-0.2, -0.15) is 0 Å². The third kappa shape index (κ3) is 5.34. The molecule has 2 heterocycles. The van der Waals surface area contributed by atoms with Crippen molar-refractivity contribution in [3.05, 3.63) is 42.1 Å². The fraction of sp³-hybridized carbons (Fsp3) is 0.400. The number of nitrogens with one attached hydrogen (secondary N) is 2. The van der Waals surface area contributed by atoms with E-state index in [0.717, 1.165) is 45.2 Å². The van der Waals surface area contributed by atoms with Crippen LogP contribution in [0.2, 0.25) is 0 Å². The minimum atomic E-state index is -0.240. The first-order chi connectivity index (χ1) is 13.7. The summed E-state index contributed by atoms with van der Waals surface area (Å²) in [5, 5.41) is 6.13. The molecule has 1 aromatic heterocycles. The van der Waals surface area contributed by atoms with Crippen molar-refractivity contribution in [3.63, 3.8) is 0 Å². The Labute approximate surface area is 164 Å². The van der Waals surface area contributed by atoms with Crippen LogP contribution in [-0.4, -0.2) is 69.4 Å². The van der Waals surface area contributed by atoms with E-state index in [2.05, 4.69) is 20.5 Å². The van der Waals surface area contributed by atoms with Crippen molar-refractivity contribution in [2.45, 2.75) is 0 Å². The maximum absolute atomic E-state index is 12.4. The Morgan fingerprint density at radius 1 is 1.14 bits per heavy atom. The highest BCUT2D eigenvalue weighted by Crippen LogP contribution is 2.27. The molecule has 0 atom stereocenters. The second-order valence-electron chi connectivity index (χ2n) is 6.34. The van der Waals surface area contributed by atoms with E-state index in [1.807, 2.05) is 12.1 Å². The van der Waals surface area contributed by atoms with Gasteiger partial charge in [0.2, 0.25) is 0 Å². The zero-order valence-corrected chi connectivity index (χ0v) is 16.2. The molecular formula is C20H26N4O4. The van der Waals surface area contributed by atoms with E-state index in [9.17, 15) is 4.79 Å². The van der Waals surface area contributed by atoms with Gasteiger partial charge in [0, 0.05) is 31.7 Å². The summed E-state index contributed by atoms with van der Waals surface area (Å²) in [4.78, 5) is 19.2. The Bertz CT molecular complexity index is 776. The number of nitrogens with zero attached hydrogens (tertiary/aromatic N) is 2. The Balaban J connectivity index is 1.51. The van der Waals surface area contributed by atoms with Crippen molar-refractivity contribution in [1.82, 2.24) is 9.88 Å². The molecule has 2 aromatic rings. The number of anilines is 2. The van der Waals surface area contributed by atoms with Crippen LogP contribution >= 0.6 is 0 Å². The third-order valence-corrected chi connectivity index (χ3v) is 4.50. The number of pyridine rings is 1. The number of carbonyl (C=O) groups is 1. The van der Waals surface area contributed by atoms with Gasteiger partial charge in [0.05, 0.1) is 39.3 Å². The Kier molecular flexibility index (Phi) is 7.05. The minimum Gasteiger partial charge on any atom is -0.493 e. The van der Waals surface area contributed by atoms with E-state index >= 15 is 0 Å². The van der Waals surface area contributed by atoms with Crippen LogP contribution in [0.15, 0.2) is 36.5 Å². The summed E-state index contributed by atoms with van der Waals surface area (Å²) in [5.41, 5.74) is 1.10. The van der Waals surface area contributed by atoms with E-state index in [1.165, 1.54) is 7.11 Å². The van der Waals surface area contributed by atoms with Gasteiger partial charge in [-0.15, -0.1) is 0 Å². The lowest BCUT2D eigenvalue weighted by Gasteiger charge is -2.26. The molecule has 0 unspecified atom stereocenters. The number of hydrogen-bond donors (Lipinski definition) is 2. The van der Waals surface area contributed by atoms with Crippen molar-refractivity contribution in [1.29, 1.82) is 0 Å². The molecule has 0 aliphatic carbocycles. The van der Waals surface area contributed by atoms with Gasteiger partial charge in [0.15, 0.2) is 11.5 Å². The summed E-state index contributed by atoms with van der Waals surface area (Å²) < 4.78 is 15.8. The highest BCUT2D eigenvalue weighted by atomic mass is 16.5. The average Bonchev–Trinajstić information content (AvgIpc) is 2.75. The van der Waals surface area contributed by atoms with E-state index in [4.69, 9.17) is 14.2 Å². The molecule has 1 aromatic carbocycles. The van der Waals surface area contributed by atoms with Gasteiger partial charge in [0.1, 0.15) is 5.82 Å². The van der Waals surface area contributed by atoms with Gasteiger partial charge in [0.25, 0.3) is 5.91 Å². The van der Waals surface area contributed by atoms with Crippen LogP contribution in [0, 0.1) is 0 Å². The number of aromatic nitrogens is 1. The van der Waals surface area contributed by atoms with Crippen molar-refractivity contribution < 1.29 is 19.0 Å². The van der Waals surface area contributed by atoms with Crippen LogP contribution in [0.1, 0.15) is 10.4 Å². The first kappa shape index (κ1) is 19.9. The van der Waals surface area contributed by atoms with Gasteiger partial charge >= 0.3 is 0 Å². The number of amides is 1. The number of ether oxygens (including phenoxy) is 3. The monoisotopic (exact) mass is 386 g/mol. The molecule has 0 spiro atoms. The van der Waals surface area contributed by atoms with Gasteiger partial charge in [-0.25, -0.2) is 4.98 Å². The first-order valence-corrected chi connectivity index (χ1v) is 9.23. The van der Waals surface area contributed by atoms with Crippen LogP contribution in [0.3, 0.4) is 0 Å². The molecule has 150 valence electrons. The second kappa shape index (κ2) is 9.91. The zero-order valence-electron chi connectivity index (χ0n) is 16.2. The molecule has 0 bridgehead atoms. The first-order valence-electron chi connectivity index (χ1n) is 9.23. The highest BCUT2D eigenvalue weighted by Gasteiger charge is 2.12. The molecular weight excluding hydrogens is 360 g/mol. The molecule has 0 saturated carbocycles. The Morgan fingerprint density at radius 3 is 2.61 bits per heavy atom. The standard InChI is InChI=1S/C20H26N4O4/c1-26-17-5-3-15(13-18(17)27-2)20(25)23-16-4-6-19(22-14-16)21-7-8-24-9-11-28-12-10-24/h3-6,13-14H,7-12H2,1-2H3,(H,21,22)(H,23,25). The van der Waals surface area contributed by atoms with Crippen molar-refractivity contribution >= 4 is 17.4 Å². The fourth-order valence-electron chi connectivity index (χ4n) is 2.92. The van der Waals surface area contributed by atoms with E-state index in [-0.39, 0.29) is 5.91 Å². The quantitative estimate of drug-likeness (QED) is 0.719. The SMILES string of the molecule is COc1ccc(C(=O)Nc2ccc(NCCN3CCOCC3)nc2)cc1OC. The molecule has 28 heavy (non-hydrogen) atoms. The summed E-state index contributed by atoms with van der Waals surface area (Å²) in [6, 6.07) is 8.70. The Morgan fingerprint density at radius 2 is 1.93 bits per heavy atom. The summed E-state index contributed by atoms with van der Waals surface area (Å²) in [6.07, 6.45) is 1.63. The smallest absolute Gasteiger partial charge is 0.255 e. The maximum atomic E-state index is 12.4. The summed E-state index contributed by atoms with van der Waals surface area (Å²) in [5.74, 6) is 1.62. The van der Waals surface area contributed by atoms with E-state index in [0.29, 0.717) is 22.7 Å². The number of carbonyl (C=O) groups excluding carboxylic acids is 1. The molecule has 1 fully saturated rings. The molecule has 8 heteroatoms. The lowest BCUT2D eigenvalue weighted by atomic mass is 10.2. The molecule has 2 N–H and O–H groups in total. The molecule has 1 saturated heterocycles. The van der Waals surface area contributed by atoms with Gasteiger partial charge in [-0.3, -0.25) is 9.69 Å². The molecule has 1 aliphatic heterocycles. The summed E-state index contributed by atoms with van der Waals surface area (Å²) in [7, 11) is 3.09. The van der Waals surface area contributed by atoms with Crippen LogP contribution in [-0.2, 0) is 4.74 Å². The lowest BCUT2D eigenvalue weighted by Crippen LogP contribution is -2.39. The third-order valence-electron chi connectivity index (χ3n) is 4.50. The van der Waals surface area contributed by atoms with Gasteiger partial charge in [-0.1, -0.05) is 0 Å². The molecule has 1 amide bonds. The predicted molar refractivity (Wildman–Crippen MR) is 107 cm³/mol. The summed E-state index contributed by atoms with van der Waals surface area (Å²) >= 11 is 0. The predicted octanol–water partition coefficient (Wildman–Crippen LogP) is 2.10. The van der Waals surface area contributed by atoms with Crippen molar-refractivity contribution in [2.24, 2.45) is 0 Å². The second-order valence-corrected chi connectivity index (χ2v) is 6.34. The number of rotatable bonds is 8. The van der Waals surface area contributed by atoms with E-state index in [1.54, 1.807) is 31.5 Å². The zero-order chi connectivity index (χ0) is 19.8.